The van der Waals surface area contributed by atoms with Crippen molar-refractivity contribution in [1.82, 2.24) is 10.2 Å². The molecular weight excluding hydrogens is 332 g/mol. The van der Waals surface area contributed by atoms with Crippen LogP contribution in [0.2, 0.25) is 10.3 Å². The highest BCUT2D eigenvalue weighted by atomic mass is 79.9. The fraction of sp³-hybridized carbons (Fsp3) is 0. The molecule has 3 nitrogen and oxygen atoms in total. The Hall–Kier alpha value is -0.910. The minimum atomic E-state index is -0.376. The first-order valence-electron chi connectivity index (χ1n) is 4.47. The molecule has 0 unspecified atom stereocenters. The van der Waals surface area contributed by atoms with Crippen molar-refractivity contribution in [3.63, 3.8) is 0 Å². The van der Waals surface area contributed by atoms with Crippen molar-refractivity contribution in [3.8, 4) is 0 Å². The second-order valence-corrected chi connectivity index (χ2v) is 4.73. The van der Waals surface area contributed by atoms with E-state index in [0.717, 1.165) is 0 Å². The van der Waals surface area contributed by atoms with E-state index < -0.39 is 0 Å². The maximum atomic E-state index is 13.3. The van der Waals surface area contributed by atoms with Crippen LogP contribution >= 0.6 is 39.1 Å². The lowest BCUT2D eigenvalue weighted by Crippen LogP contribution is -1.95. The zero-order valence-corrected chi connectivity index (χ0v) is 11.3. The number of nitrogens with one attached hydrogen (secondary N) is 1. The Morgan fingerprint density at radius 3 is 2.65 bits per heavy atom. The molecule has 0 aliphatic rings. The molecule has 7 heteroatoms. The highest BCUT2D eigenvalue weighted by Gasteiger charge is 2.06. The molecule has 1 aromatic heterocycles. The molecule has 0 aliphatic carbocycles. The maximum absolute atomic E-state index is 13.3. The summed E-state index contributed by atoms with van der Waals surface area (Å²) in [7, 11) is 0. The Morgan fingerprint density at radius 1 is 1.18 bits per heavy atom. The van der Waals surface area contributed by atoms with Gasteiger partial charge in [0.1, 0.15) is 5.82 Å². The van der Waals surface area contributed by atoms with Crippen LogP contribution in [0.1, 0.15) is 0 Å². The Kier molecular flexibility index (Phi) is 3.81. The van der Waals surface area contributed by atoms with E-state index in [2.05, 4.69) is 31.4 Å². The van der Waals surface area contributed by atoms with Crippen molar-refractivity contribution in [2.45, 2.75) is 0 Å². The Labute approximate surface area is 115 Å². The summed E-state index contributed by atoms with van der Waals surface area (Å²) < 4.78 is 13.7. The van der Waals surface area contributed by atoms with Gasteiger partial charge in [0.15, 0.2) is 10.3 Å². The first-order valence-corrected chi connectivity index (χ1v) is 6.02. The minimum Gasteiger partial charge on any atom is -0.353 e. The fourth-order valence-corrected chi connectivity index (χ4v) is 1.70. The molecule has 2 rings (SSSR count). The third kappa shape index (κ3) is 3.06. The van der Waals surface area contributed by atoms with E-state index in [1.807, 2.05) is 0 Å². The molecule has 0 saturated heterocycles. The quantitative estimate of drug-likeness (QED) is 0.881. The van der Waals surface area contributed by atoms with E-state index in [1.54, 1.807) is 12.1 Å². The second-order valence-electron chi connectivity index (χ2n) is 3.13. The van der Waals surface area contributed by atoms with Crippen LogP contribution in [0.25, 0.3) is 0 Å². The maximum Gasteiger partial charge on any atom is 0.175 e. The molecule has 2 aromatic rings. The number of rotatable bonds is 2. The van der Waals surface area contributed by atoms with Crippen LogP contribution in [0, 0.1) is 5.82 Å². The predicted molar refractivity (Wildman–Crippen MR) is 69.4 cm³/mol. The number of halogens is 4. The van der Waals surface area contributed by atoms with Gasteiger partial charge in [0, 0.05) is 11.8 Å². The molecule has 0 fully saturated rings. The lowest BCUT2D eigenvalue weighted by molar-refractivity contribution is 0.622. The summed E-state index contributed by atoms with van der Waals surface area (Å²) in [6.45, 7) is 0. The van der Waals surface area contributed by atoms with Crippen LogP contribution in [0.3, 0.4) is 0 Å². The average molecular weight is 337 g/mol. The van der Waals surface area contributed by atoms with Crippen LogP contribution in [-0.4, -0.2) is 10.2 Å². The number of hydrogen-bond donors (Lipinski definition) is 1. The zero-order valence-electron chi connectivity index (χ0n) is 8.22. The van der Waals surface area contributed by atoms with Crippen LogP contribution in [0.4, 0.5) is 15.8 Å². The summed E-state index contributed by atoms with van der Waals surface area (Å²) in [5.41, 5.74) is 1.00. The van der Waals surface area contributed by atoms with Gasteiger partial charge in [-0.3, -0.25) is 0 Å². The lowest BCUT2D eigenvalue weighted by Gasteiger charge is -2.08. The molecule has 1 aromatic carbocycles. The molecule has 0 atom stereocenters. The number of anilines is 2. The topological polar surface area (TPSA) is 37.8 Å². The van der Waals surface area contributed by atoms with Gasteiger partial charge in [-0.25, -0.2) is 4.39 Å². The summed E-state index contributed by atoms with van der Waals surface area (Å²) >= 11 is 14.6. The van der Waals surface area contributed by atoms with Gasteiger partial charge in [0.2, 0.25) is 0 Å². The van der Waals surface area contributed by atoms with Gasteiger partial charge < -0.3 is 5.32 Å². The summed E-state index contributed by atoms with van der Waals surface area (Å²) in [6, 6.07) is 6.12. The lowest BCUT2D eigenvalue weighted by atomic mass is 10.3. The van der Waals surface area contributed by atoms with Crippen molar-refractivity contribution < 1.29 is 4.39 Å². The van der Waals surface area contributed by atoms with E-state index in [1.165, 1.54) is 12.1 Å². The molecular formula is C10H5BrCl2FN3. The third-order valence-electron chi connectivity index (χ3n) is 1.92. The molecule has 88 valence electrons. The van der Waals surface area contributed by atoms with Gasteiger partial charge in [0.05, 0.1) is 10.2 Å². The van der Waals surface area contributed by atoms with E-state index in [4.69, 9.17) is 23.2 Å². The SMILES string of the molecule is Fc1cc(Nc2cc(Cl)nnc2Cl)ccc1Br. The normalized spacial score (nSPS) is 10.4. The molecule has 0 amide bonds. The van der Waals surface area contributed by atoms with Crippen LogP contribution in [0.15, 0.2) is 28.7 Å². The summed E-state index contributed by atoms with van der Waals surface area (Å²) in [6.07, 6.45) is 0. The van der Waals surface area contributed by atoms with Crippen molar-refractivity contribution in [3.05, 3.63) is 44.9 Å². The van der Waals surface area contributed by atoms with Crippen LogP contribution in [-0.2, 0) is 0 Å². The molecule has 17 heavy (non-hydrogen) atoms. The molecule has 0 saturated carbocycles. The predicted octanol–water partition coefficient (Wildman–Crippen LogP) is 4.43. The van der Waals surface area contributed by atoms with Crippen molar-refractivity contribution >= 4 is 50.5 Å². The van der Waals surface area contributed by atoms with Gasteiger partial charge in [-0.1, -0.05) is 23.2 Å². The van der Waals surface area contributed by atoms with Gasteiger partial charge >= 0.3 is 0 Å². The highest BCUT2D eigenvalue weighted by molar-refractivity contribution is 9.10. The number of hydrogen-bond acceptors (Lipinski definition) is 3. The van der Waals surface area contributed by atoms with Crippen LogP contribution < -0.4 is 5.32 Å². The minimum absolute atomic E-state index is 0.165. The standard InChI is InChI=1S/C10H5BrCl2FN3/c11-6-2-1-5(3-7(6)14)15-8-4-9(12)16-17-10(8)13/h1-4H,(H,15,16). The average Bonchev–Trinajstić information content (AvgIpc) is 2.29. The summed E-state index contributed by atoms with van der Waals surface area (Å²) in [4.78, 5) is 0. The van der Waals surface area contributed by atoms with Crippen molar-refractivity contribution in [2.75, 3.05) is 5.32 Å². The number of nitrogens with zero attached hydrogens (tertiary/aromatic N) is 2. The molecule has 0 spiro atoms. The molecule has 1 heterocycles. The monoisotopic (exact) mass is 335 g/mol. The third-order valence-corrected chi connectivity index (χ3v) is 3.02. The Morgan fingerprint density at radius 2 is 1.94 bits per heavy atom. The molecule has 0 aliphatic heterocycles. The zero-order chi connectivity index (χ0) is 12.4. The number of benzene rings is 1. The molecule has 1 N–H and O–H groups in total. The van der Waals surface area contributed by atoms with Gasteiger partial charge in [0.25, 0.3) is 0 Å². The van der Waals surface area contributed by atoms with Gasteiger partial charge in [-0.15, -0.1) is 10.2 Å². The van der Waals surface area contributed by atoms with Crippen molar-refractivity contribution in [1.29, 1.82) is 0 Å². The van der Waals surface area contributed by atoms with E-state index in [-0.39, 0.29) is 16.1 Å². The van der Waals surface area contributed by atoms with Crippen molar-refractivity contribution in [2.24, 2.45) is 0 Å². The van der Waals surface area contributed by atoms with E-state index >= 15 is 0 Å². The second kappa shape index (κ2) is 5.16. The first kappa shape index (κ1) is 12.5. The smallest absolute Gasteiger partial charge is 0.175 e. The first-order chi connectivity index (χ1) is 8.06. The van der Waals surface area contributed by atoms with Gasteiger partial charge in [-0.2, -0.15) is 0 Å². The van der Waals surface area contributed by atoms with E-state index in [0.29, 0.717) is 15.8 Å². The highest BCUT2D eigenvalue weighted by Crippen LogP contribution is 2.26. The molecule has 0 radical (unpaired) electrons. The van der Waals surface area contributed by atoms with Crippen LogP contribution in [0.5, 0.6) is 0 Å². The Bertz CT molecular complexity index is 565. The molecule has 0 bridgehead atoms. The summed E-state index contributed by atoms with van der Waals surface area (Å²) in [5, 5.41) is 10.5. The van der Waals surface area contributed by atoms with Gasteiger partial charge in [-0.05, 0) is 34.1 Å². The fourth-order valence-electron chi connectivity index (χ4n) is 1.17. The number of aromatic nitrogens is 2. The summed E-state index contributed by atoms with van der Waals surface area (Å²) in [5.74, 6) is -0.376. The van der Waals surface area contributed by atoms with E-state index in [9.17, 15) is 4.39 Å². The largest absolute Gasteiger partial charge is 0.353 e. The Balaban J connectivity index is 2.31.